The minimum Gasteiger partial charge on any atom is -0.481 e. The minimum atomic E-state index is -4.75. The molecule has 0 aliphatic carbocycles. The first-order valence-electron chi connectivity index (χ1n) is 8.49. The van der Waals surface area contributed by atoms with E-state index < -0.39 is 18.4 Å². The molecule has 0 aromatic heterocycles. The molecule has 0 radical (unpaired) electrons. The molecule has 1 atom stereocenters. The second-order valence-electron chi connectivity index (χ2n) is 6.52. The summed E-state index contributed by atoms with van der Waals surface area (Å²) in [6, 6.07) is 10.8. The molecule has 146 valence electrons. The lowest BCUT2D eigenvalue weighted by Gasteiger charge is -2.19. The summed E-state index contributed by atoms with van der Waals surface area (Å²) in [4.78, 5) is 12.3. The highest BCUT2D eigenvalue weighted by atomic mass is 19.4. The summed E-state index contributed by atoms with van der Waals surface area (Å²) < 4.78 is 46.1. The Kier molecular flexibility index (Phi) is 6.36. The van der Waals surface area contributed by atoms with Gasteiger partial charge in [0.2, 0.25) is 0 Å². The first-order valence-corrected chi connectivity index (χ1v) is 8.49. The molecule has 4 nitrogen and oxygen atoms in total. The van der Waals surface area contributed by atoms with Gasteiger partial charge in [-0.05, 0) is 61.2 Å². The molecule has 7 heteroatoms. The van der Waals surface area contributed by atoms with E-state index in [0.29, 0.717) is 11.4 Å². The van der Waals surface area contributed by atoms with Crippen molar-refractivity contribution in [3.05, 3.63) is 53.6 Å². The summed E-state index contributed by atoms with van der Waals surface area (Å²) in [6.07, 6.45) is -5.54. The van der Waals surface area contributed by atoms with E-state index in [1.165, 1.54) is 12.1 Å². The number of halogens is 3. The van der Waals surface area contributed by atoms with Crippen LogP contribution < -0.4 is 14.8 Å². The Labute approximate surface area is 156 Å². The highest BCUT2D eigenvalue weighted by molar-refractivity contribution is 5.94. The van der Waals surface area contributed by atoms with Crippen molar-refractivity contribution in [1.29, 1.82) is 0 Å². The highest BCUT2D eigenvalue weighted by Crippen LogP contribution is 2.29. The van der Waals surface area contributed by atoms with E-state index in [1.807, 2.05) is 39.0 Å². The number of ether oxygens (including phenoxy) is 2. The SMILES string of the molecule is Cc1ccc(C(C)C)c(O[C@H](C)C(=O)Nc2ccc(OC(F)(F)F)cc2)c1. The normalized spacial score (nSPS) is 12.6. The lowest BCUT2D eigenvalue weighted by molar-refractivity contribution is -0.274. The second-order valence-corrected chi connectivity index (χ2v) is 6.52. The summed E-state index contributed by atoms with van der Waals surface area (Å²) in [5, 5.41) is 2.61. The van der Waals surface area contributed by atoms with Crippen molar-refractivity contribution in [1.82, 2.24) is 0 Å². The van der Waals surface area contributed by atoms with E-state index in [-0.39, 0.29) is 11.7 Å². The first kappa shape index (κ1) is 20.6. The van der Waals surface area contributed by atoms with Crippen molar-refractivity contribution in [3.63, 3.8) is 0 Å². The fourth-order valence-electron chi connectivity index (χ4n) is 2.45. The van der Waals surface area contributed by atoms with E-state index in [4.69, 9.17) is 4.74 Å². The summed E-state index contributed by atoms with van der Waals surface area (Å²) in [7, 11) is 0. The average molecular weight is 381 g/mol. The van der Waals surface area contributed by atoms with Crippen molar-refractivity contribution in [2.45, 2.75) is 46.1 Å². The molecule has 0 fully saturated rings. The highest BCUT2D eigenvalue weighted by Gasteiger charge is 2.31. The van der Waals surface area contributed by atoms with Crippen molar-refractivity contribution in [2.75, 3.05) is 5.32 Å². The van der Waals surface area contributed by atoms with Gasteiger partial charge in [-0.15, -0.1) is 13.2 Å². The van der Waals surface area contributed by atoms with Crippen LogP contribution in [0, 0.1) is 6.92 Å². The van der Waals surface area contributed by atoms with E-state index in [0.717, 1.165) is 23.3 Å². The summed E-state index contributed by atoms with van der Waals surface area (Å²) in [6.45, 7) is 7.62. The molecule has 0 unspecified atom stereocenters. The number of aryl methyl sites for hydroxylation is 1. The molecule has 2 aromatic carbocycles. The van der Waals surface area contributed by atoms with Crippen LogP contribution in [0.15, 0.2) is 42.5 Å². The third-order valence-electron chi connectivity index (χ3n) is 3.82. The predicted octanol–water partition coefficient (Wildman–Crippen LogP) is 5.42. The molecule has 0 saturated heterocycles. The number of benzene rings is 2. The Hall–Kier alpha value is -2.70. The molecular weight excluding hydrogens is 359 g/mol. The number of carbonyl (C=O) groups excluding carboxylic acids is 1. The monoisotopic (exact) mass is 381 g/mol. The van der Waals surface area contributed by atoms with E-state index in [2.05, 4.69) is 10.1 Å². The van der Waals surface area contributed by atoms with Crippen molar-refractivity contribution in [2.24, 2.45) is 0 Å². The summed E-state index contributed by atoms with van der Waals surface area (Å²) in [5.41, 5.74) is 2.36. The minimum absolute atomic E-state index is 0.233. The van der Waals surface area contributed by atoms with Crippen molar-refractivity contribution in [3.8, 4) is 11.5 Å². The zero-order valence-electron chi connectivity index (χ0n) is 15.6. The molecule has 27 heavy (non-hydrogen) atoms. The van der Waals surface area contributed by atoms with Crippen LogP contribution in [-0.4, -0.2) is 18.4 Å². The molecule has 2 aromatic rings. The van der Waals surface area contributed by atoms with Gasteiger partial charge in [0.25, 0.3) is 5.91 Å². The zero-order valence-corrected chi connectivity index (χ0v) is 15.6. The molecule has 0 bridgehead atoms. The Bertz CT molecular complexity index is 786. The van der Waals surface area contributed by atoms with Crippen LogP contribution in [0.4, 0.5) is 18.9 Å². The number of alkyl halides is 3. The molecular formula is C20H22F3NO3. The standard InChI is InChI=1S/C20H22F3NO3/c1-12(2)17-10-5-13(3)11-18(17)26-14(4)19(25)24-15-6-8-16(9-7-15)27-20(21,22)23/h5-12,14H,1-4H3,(H,24,25)/t14-/m1/s1. The van der Waals surface area contributed by atoms with Crippen LogP contribution in [0.1, 0.15) is 37.8 Å². The predicted molar refractivity (Wildman–Crippen MR) is 97.1 cm³/mol. The third kappa shape index (κ3) is 6.20. The number of hydrogen-bond acceptors (Lipinski definition) is 3. The van der Waals surface area contributed by atoms with Crippen molar-refractivity contribution >= 4 is 11.6 Å². The maximum atomic E-state index is 12.3. The maximum Gasteiger partial charge on any atom is 0.573 e. The van der Waals surface area contributed by atoms with E-state index in [1.54, 1.807) is 6.92 Å². The zero-order chi connectivity index (χ0) is 20.2. The number of amides is 1. The fraction of sp³-hybridized carbons (Fsp3) is 0.350. The lowest BCUT2D eigenvalue weighted by Crippen LogP contribution is -2.30. The van der Waals surface area contributed by atoms with E-state index >= 15 is 0 Å². The van der Waals surface area contributed by atoms with Gasteiger partial charge < -0.3 is 14.8 Å². The van der Waals surface area contributed by atoms with Gasteiger partial charge in [0, 0.05) is 5.69 Å². The first-order chi connectivity index (χ1) is 12.5. The van der Waals surface area contributed by atoms with Crippen LogP contribution in [0.5, 0.6) is 11.5 Å². The van der Waals surface area contributed by atoms with Gasteiger partial charge in [-0.3, -0.25) is 4.79 Å². The van der Waals surface area contributed by atoms with Gasteiger partial charge in [-0.25, -0.2) is 0 Å². The summed E-state index contributed by atoms with van der Waals surface area (Å²) >= 11 is 0. The third-order valence-corrected chi connectivity index (χ3v) is 3.82. The number of rotatable bonds is 6. The largest absolute Gasteiger partial charge is 0.573 e. The van der Waals surface area contributed by atoms with Gasteiger partial charge >= 0.3 is 6.36 Å². The van der Waals surface area contributed by atoms with Gasteiger partial charge in [0.1, 0.15) is 11.5 Å². The fourth-order valence-corrected chi connectivity index (χ4v) is 2.45. The van der Waals surface area contributed by atoms with Crippen LogP contribution >= 0.6 is 0 Å². The average Bonchev–Trinajstić information content (AvgIpc) is 2.55. The quantitative estimate of drug-likeness (QED) is 0.726. The Morgan fingerprint density at radius 1 is 1.04 bits per heavy atom. The van der Waals surface area contributed by atoms with E-state index in [9.17, 15) is 18.0 Å². The van der Waals surface area contributed by atoms with Gasteiger partial charge in [-0.1, -0.05) is 26.0 Å². The molecule has 0 saturated carbocycles. The van der Waals surface area contributed by atoms with Crippen LogP contribution in [0.25, 0.3) is 0 Å². The van der Waals surface area contributed by atoms with Crippen LogP contribution in [0.3, 0.4) is 0 Å². The van der Waals surface area contributed by atoms with Gasteiger partial charge in [0.15, 0.2) is 6.10 Å². The number of carbonyl (C=O) groups is 1. The molecule has 0 aliphatic heterocycles. The summed E-state index contributed by atoms with van der Waals surface area (Å²) in [5.74, 6) is 0.112. The number of anilines is 1. The molecule has 0 aliphatic rings. The number of nitrogens with one attached hydrogen (secondary N) is 1. The Morgan fingerprint density at radius 3 is 2.22 bits per heavy atom. The van der Waals surface area contributed by atoms with Crippen LogP contribution in [0.2, 0.25) is 0 Å². The Morgan fingerprint density at radius 2 is 1.67 bits per heavy atom. The number of hydrogen-bond donors (Lipinski definition) is 1. The smallest absolute Gasteiger partial charge is 0.481 e. The lowest BCUT2D eigenvalue weighted by atomic mass is 10.0. The molecule has 0 heterocycles. The van der Waals surface area contributed by atoms with Gasteiger partial charge in [0.05, 0.1) is 0 Å². The molecule has 2 rings (SSSR count). The van der Waals surface area contributed by atoms with Crippen LogP contribution in [-0.2, 0) is 4.79 Å². The van der Waals surface area contributed by atoms with Gasteiger partial charge in [-0.2, -0.15) is 0 Å². The second kappa shape index (κ2) is 8.33. The van der Waals surface area contributed by atoms with Crippen molar-refractivity contribution < 1.29 is 27.4 Å². The maximum absolute atomic E-state index is 12.3. The molecule has 1 amide bonds. The molecule has 1 N–H and O–H groups in total. The topological polar surface area (TPSA) is 47.6 Å². The molecule has 0 spiro atoms. The Balaban J connectivity index is 2.03.